The van der Waals surface area contributed by atoms with E-state index in [0.717, 1.165) is 5.56 Å². The van der Waals surface area contributed by atoms with Crippen LogP contribution in [0.25, 0.3) is 11.1 Å². The van der Waals surface area contributed by atoms with E-state index in [9.17, 15) is 18.5 Å². The molecule has 168 valence electrons. The average molecular weight is 472 g/mol. The minimum absolute atomic E-state index is 0.0971. The monoisotopic (exact) mass is 471 g/mol. The van der Waals surface area contributed by atoms with Gasteiger partial charge in [-0.05, 0) is 42.7 Å². The number of esters is 1. The Morgan fingerprint density at radius 3 is 2.48 bits per heavy atom. The second kappa shape index (κ2) is 11.4. The number of ether oxygens (including phenoxy) is 1. The van der Waals surface area contributed by atoms with Crippen LogP contribution in [-0.2, 0) is 25.3 Å². The lowest BCUT2D eigenvalue weighted by atomic mass is 9.99. The molecule has 1 atom stereocenters. The van der Waals surface area contributed by atoms with Crippen LogP contribution in [-0.4, -0.2) is 40.5 Å². The van der Waals surface area contributed by atoms with E-state index in [0.29, 0.717) is 16.1 Å². The zero-order chi connectivity index (χ0) is 23.0. The van der Waals surface area contributed by atoms with Gasteiger partial charge in [-0.25, -0.2) is 4.39 Å². The van der Waals surface area contributed by atoms with Crippen molar-refractivity contribution in [2.45, 2.75) is 32.2 Å². The van der Waals surface area contributed by atoms with E-state index in [1.54, 1.807) is 31.2 Å². The number of benzene rings is 2. The van der Waals surface area contributed by atoms with Gasteiger partial charge in [0.05, 0.1) is 19.2 Å². The molecule has 7 nitrogen and oxygen atoms in total. The molecule has 0 aromatic heterocycles. The molecular weight excluding hydrogens is 448 g/mol. The second-order valence-electron chi connectivity index (χ2n) is 6.94. The summed E-state index contributed by atoms with van der Waals surface area (Å²) in [6.45, 7) is 1.86. The Morgan fingerprint density at radius 2 is 1.87 bits per heavy atom. The van der Waals surface area contributed by atoms with Crippen molar-refractivity contribution in [2.24, 2.45) is 0 Å². The van der Waals surface area contributed by atoms with Gasteiger partial charge in [-0.1, -0.05) is 35.9 Å². The van der Waals surface area contributed by atoms with E-state index < -0.39 is 37.5 Å². The summed E-state index contributed by atoms with van der Waals surface area (Å²) in [6.07, 6.45) is -0.764. The third kappa shape index (κ3) is 8.79. The zero-order valence-corrected chi connectivity index (χ0v) is 18.5. The molecule has 0 aliphatic rings. The number of halogens is 2. The molecule has 2 rings (SSSR count). The smallest absolute Gasteiger partial charge is 0.326 e. The van der Waals surface area contributed by atoms with Gasteiger partial charge in [0.1, 0.15) is 5.82 Å². The first-order valence-corrected chi connectivity index (χ1v) is 11.8. The maximum absolute atomic E-state index is 14.1. The summed E-state index contributed by atoms with van der Waals surface area (Å²) in [5, 5.41) is 3.04. The molecule has 31 heavy (non-hydrogen) atoms. The first kappa shape index (κ1) is 25.0. The van der Waals surface area contributed by atoms with E-state index in [4.69, 9.17) is 26.1 Å². The normalized spacial score (nSPS) is 12.3. The van der Waals surface area contributed by atoms with Crippen LogP contribution in [0.1, 0.15) is 25.3 Å². The van der Waals surface area contributed by atoms with Gasteiger partial charge in [0.15, 0.2) is 0 Å². The summed E-state index contributed by atoms with van der Waals surface area (Å²) in [5.41, 5.74) is 1.75. The number of rotatable bonds is 10. The third-order valence-electron chi connectivity index (χ3n) is 4.39. The Hall–Kier alpha value is -2.25. The SMILES string of the molecule is CCOC(=O)CC(Cc1ccc(-c2cc(Cl)ccc2F)cc1)NC(=O)CCP(=O)(O)O. The van der Waals surface area contributed by atoms with Crippen molar-refractivity contribution < 1.29 is 33.1 Å². The fourth-order valence-electron chi connectivity index (χ4n) is 2.97. The van der Waals surface area contributed by atoms with E-state index in [1.807, 2.05) is 0 Å². The van der Waals surface area contributed by atoms with Gasteiger partial charge in [0.25, 0.3) is 0 Å². The van der Waals surface area contributed by atoms with Crippen molar-refractivity contribution in [3.63, 3.8) is 0 Å². The molecule has 0 aliphatic carbocycles. The maximum Gasteiger partial charge on any atom is 0.326 e. The maximum atomic E-state index is 14.1. The zero-order valence-electron chi connectivity index (χ0n) is 16.9. The summed E-state index contributed by atoms with van der Waals surface area (Å²) in [6, 6.07) is 10.6. The van der Waals surface area contributed by atoms with Crippen molar-refractivity contribution in [2.75, 3.05) is 12.8 Å². The summed E-state index contributed by atoms with van der Waals surface area (Å²) < 4.78 is 30.0. The number of nitrogens with one attached hydrogen (secondary N) is 1. The number of amides is 1. The van der Waals surface area contributed by atoms with Gasteiger partial charge in [0.2, 0.25) is 5.91 Å². The highest BCUT2D eigenvalue weighted by molar-refractivity contribution is 7.51. The minimum Gasteiger partial charge on any atom is -0.466 e. The van der Waals surface area contributed by atoms with E-state index in [-0.39, 0.29) is 25.9 Å². The van der Waals surface area contributed by atoms with Gasteiger partial charge >= 0.3 is 13.6 Å². The lowest BCUT2D eigenvalue weighted by Gasteiger charge is -2.19. The van der Waals surface area contributed by atoms with E-state index in [1.165, 1.54) is 18.2 Å². The molecule has 10 heteroatoms. The molecule has 2 aromatic rings. The standard InChI is InChI=1S/C21H24ClFNO6P/c1-2-30-21(26)13-17(24-20(25)9-10-31(27,28)29)11-14-3-5-15(6-4-14)18-12-16(22)7-8-19(18)23/h3-8,12,17H,2,9-11,13H2,1H3,(H,24,25)(H2,27,28,29). The summed E-state index contributed by atoms with van der Waals surface area (Å²) in [4.78, 5) is 41.8. The lowest BCUT2D eigenvalue weighted by molar-refractivity contribution is -0.143. The molecule has 0 spiro atoms. The van der Waals surface area contributed by atoms with Crippen LogP contribution in [0.2, 0.25) is 5.02 Å². The Morgan fingerprint density at radius 1 is 1.19 bits per heavy atom. The fourth-order valence-corrected chi connectivity index (χ4v) is 3.63. The van der Waals surface area contributed by atoms with Gasteiger partial charge < -0.3 is 19.8 Å². The Kier molecular flexibility index (Phi) is 9.19. The Bertz CT molecular complexity index is 963. The van der Waals surface area contributed by atoms with Crippen molar-refractivity contribution >= 4 is 31.1 Å². The molecule has 0 aliphatic heterocycles. The van der Waals surface area contributed by atoms with Crippen LogP contribution in [0.5, 0.6) is 0 Å². The second-order valence-corrected chi connectivity index (χ2v) is 9.15. The molecule has 2 aromatic carbocycles. The van der Waals surface area contributed by atoms with Crippen LogP contribution >= 0.6 is 19.2 Å². The Balaban J connectivity index is 2.11. The molecule has 1 amide bonds. The van der Waals surface area contributed by atoms with Crippen molar-refractivity contribution in [3.8, 4) is 11.1 Å². The van der Waals surface area contributed by atoms with Gasteiger partial charge in [-0.15, -0.1) is 0 Å². The van der Waals surface area contributed by atoms with Crippen LogP contribution in [0.3, 0.4) is 0 Å². The molecule has 0 saturated heterocycles. The average Bonchev–Trinajstić information content (AvgIpc) is 2.68. The molecular formula is C21H24ClFNO6P. The van der Waals surface area contributed by atoms with Crippen molar-refractivity contribution in [1.29, 1.82) is 0 Å². The first-order valence-electron chi connectivity index (χ1n) is 9.61. The highest BCUT2D eigenvalue weighted by Crippen LogP contribution is 2.34. The molecule has 3 N–H and O–H groups in total. The largest absolute Gasteiger partial charge is 0.466 e. The van der Waals surface area contributed by atoms with Gasteiger partial charge in [-0.2, -0.15) is 0 Å². The summed E-state index contributed by atoms with van der Waals surface area (Å²) in [5.74, 6) is -1.48. The number of carbonyl (C=O) groups is 2. The van der Waals surface area contributed by atoms with Crippen LogP contribution < -0.4 is 5.32 Å². The molecule has 0 saturated carbocycles. The first-order chi connectivity index (χ1) is 14.6. The summed E-state index contributed by atoms with van der Waals surface area (Å²) in [7, 11) is -4.30. The molecule has 0 radical (unpaired) electrons. The quantitative estimate of drug-likeness (QED) is 0.360. The fraction of sp³-hybridized carbons (Fsp3) is 0.333. The number of hydrogen-bond acceptors (Lipinski definition) is 4. The molecule has 1 unspecified atom stereocenters. The highest BCUT2D eigenvalue weighted by atomic mass is 35.5. The molecule has 0 bridgehead atoms. The van der Waals surface area contributed by atoms with Gasteiger partial charge in [-0.3, -0.25) is 14.2 Å². The predicted molar refractivity (Wildman–Crippen MR) is 115 cm³/mol. The van der Waals surface area contributed by atoms with Crippen molar-refractivity contribution in [3.05, 3.63) is 58.9 Å². The third-order valence-corrected chi connectivity index (χ3v) is 5.43. The number of carbonyl (C=O) groups excluding carboxylic acids is 2. The van der Waals surface area contributed by atoms with Crippen LogP contribution in [0, 0.1) is 5.82 Å². The lowest BCUT2D eigenvalue weighted by Crippen LogP contribution is -2.38. The predicted octanol–water partition coefficient (Wildman–Crippen LogP) is 3.69. The minimum atomic E-state index is -4.30. The van der Waals surface area contributed by atoms with Crippen molar-refractivity contribution in [1.82, 2.24) is 5.32 Å². The van der Waals surface area contributed by atoms with Gasteiger partial charge in [0, 0.05) is 23.0 Å². The topological polar surface area (TPSA) is 113 Å². The van der Waals surface area contributed by atoms with E-state index in [2.05, 4.69) is 5.32 Å². The van der Waals surface area contributed by atoms with Crippen LogP contribution in [0.4, 0.5) is 4.39 Å². The van der Waals surface area contributed by atoms with E-state index >= 15 is 0 Å². The Labute approximate surface area is 184 Å². The molecule has 0 heterocycles. The summed E-state index contributed by atoms with van der Waals surface area (Å²) >= 11 is 5.94. The number of hydrogen-bond donors (Lipinski definition) is 3. The van der Waals surface area contributed by atoms with Crippen LogP contribution in [0.15, 0.2) is 42.5 Å². The highest BCUT2D eigenvalue weighted by Gasteiger charge is 2.21. The molecule has 0 fully saturated rings.